The zero-order valence-electron chi connectivity index (χ0n) is 10.1. The van der Waals surface area contributed by atoms with Gasteiger partial charge in [0.1, 0.15) is 0 Å². The number of hydrogen-bond donors (Lipinski definition) is 1. The molecule has 1 aromatic heterocycles. The Balaban J connectivity index is 1.98. The first kappa shape index (κ1) is 12.4. The van der Waals surface area contributed by atoms with Crippen molar-refractivity contribution >= 4 is 17.4 Å². The molecule has 1 N–H and O–H groups in total. The van der Waals surface area contributed by atoms with Crippen molar-refractivity contribution in [2.75, 3.05) is 19.6 Å². The van der Waals surface area contributed by atoms with Gasteiger partial charge in [-0.3, -0.25) is 4.79 Å². The molecule has 94 valence electrons. The minimum absolute atomic E-state index is 0.00861. The maximum Gasteiger partial charge on any atom is 0.275 e. The van der Waals surface area contributed by atoms with Gasteiger partial charge in [-0.1, -0.05) is 11.4 Å². The smallest absolute Gasteiger partial charge is 0.275 e. The summed E-state index contributed by atoms with van der Waals surface area (Å²) in [5, 5.41) is 8.98. The van der Waals surface area contributed by atoms with Crippen molar-refractivity contribution < 1.29 is 4.79 Å². The molecule has 1 fully saturated rings. The van der Waals surface area contributed by atoms with Crippen LogP contribution in [0.1, 0.15) is 36.7 Å². The summed E-state index contributed by atoms with van der Waals surface area (Å²) in [6.45, 7) is 4.72. The van der Waals surface area contributed by atoms with Crippen molar-refractivity contribution in [2.24, 2.45) is 0 Å². The molecular formula is C11H18N4OS. The van der Waals surface area contributed by atoms with E-state index in [1.165, 1.54) is 18.0 Å². The van der Waals surface area contributed by atoms with Crippen molar-refractivity contribution in [3.8, 4) is 0 Å². The van der Waals surface area contributed by atoms with Crippen LogP contribution in [0, 0.1) is 0 Å². The monoisotopic (exact) mass is 254 g/mol. The van der Waals surface area contributed by atoms with Crippen LogP contribution >= 0.6 is 11.5 Å². The average molecular weight is 254 g/mol. The molecule has 6 heteroatoms. The third-order valence-electron chi connectivity index (χ3n) is 2.96. The molecule has 5 nitrogen and oxygen atoms in total. The Bertz CT molecular complexity index is 348. The van der Waals surface area contributed by atoms with Gasteiger partial charge in [0.15, 0.2) is 5.69 Å². The SMILES string of the molecule is CCCN(CC1CCCN1)C(=O)c1csnn1. The Morgan fingerprint density at radius 3 is 3.18 bits per heavy atom. The molecular weight excluding hydrogens is 236 g/mol. The van der Waals surface area contributed by atoms with E-state index in [0.717, 1.165) is 32.5 Å². The van der Waals surface area contributed by atoms with Gasteiger partial charge in [-0.25, -0.2) is 0 Å². The highest BCUT2D eigenvalue weighted by molar-refractivity contribution is 7.03. The highest BCUT2D eigenvalue weighted by Crippen LogP contribution is 2.10. The molecule has 17 heavy (non-hydrogen) atoms. The lowest BCUT2D eigenvalue weighted by Crippen LogP contribution is -2.41. The number of carbonyl (C=O) groups is 1. The number of nitrogens with one attached hydrogen (secondary N) is 1. The lowest BCUT2D eigenvalue weighted by atomic mass is 10.2. The van der Waals surface area contributed by atoms with Gasteiger partial charge in [0.25, 0.3) is 5.91 Å². The molecule has 1 saturated heterocycles. The Morgan fingerprint density at radius 1 is 1.71 bits per heavy atom. The molecule has 0 spiro atoms. The molecule has 1 amide bonds. The van der Waals surface area contributed by atoms with Crippen molar-refractivity contribution in [1.29, 1.82) is 0 Å². The number of aromatic nitrogens is 2. The zero-order chi connectivity index (χ0) is 12.1. The molecule has 0 bridgehead atoms. The van der Waals surface area contributed by atoms with Gasteiger partial charge in [0, 0.05) is 24.5 Å². The fourth-order valence-electron chi connectivity index (χ4n) is 2.14. The molecule has 1 unspecified atom stereocenters. The van der Waals surface area contributed by atoms with Crippen molar-refractivity contribution in [3.63, 3.8) is 0 Å². The summed E-state index contributed by atoms with van der Waals surface area (Å²) in [7, 11) is 0. The summed E-state index contributed by atoms with van der Waals surface area (Å²) in [5.41, 5.74) is 0.474. The number of carbonyl (C=O) groups excluding carboxylic acids is 1. The molecule has 1 atom stereocenters. The number of amides is 1. The quantitative estimate of drug-likeness (QED) is 0.856. The standard InChI is InChI=1S/C11H18N4OS/c1-2-6-15(7-9-4-3-5-12-9)11(16)10-8-17-14-13-10/h8-9,12H,2-7H2,1H3. The van der Waals surface area contributed by atoms with Crippen LogP contribution in [0.15, 0.2) is 5.38 Å². The number of nitrogens with zero attached hydrogens (tertiary/aromatic N) is 3. The number of hydrogen-bond acceptors (Lipinski definition) is 5. The van der Waals surface area contributed by atoms with Crippen molar-refractivity contribution in [2.45, 2.75) is 32.2 Å². The first-order valence-electron chi connectivity index (χ1n) is 6.11. The lowest BCUT2D eigenvalue weighted by molar-refractivity contribution is 0.0736. The van der Waals surface area contributed by atoms with E-state index in [9.17, 15) is 4.79 Å². The Hall–Kier alpha value is -1.01. The van der Waals surface area contributed by atoms with E-state index in [4.69, 9.17) is 0 Å². The van der Waals surface area contributed by atoms with Gasteiger partial charge in [-0.2, -0.15) is 0 Å². The van der Waals surface area contributed by atoms with E-state index >= 15 is 0 Å². The highest BCUT2D eigenvalue weighted by Gasteiger charge is 2.23. The lowest BCUT2D eigenvalue weighted by Gasteiger charge is -2.24. The summed E-state index contributed by atoms with van der Waals surface area (Å²) >= 11 is 1.22. The Kier molecular flexibility index (Phi) is 4.44. The van der Waals surface area contributed by atoms with E-state index in [1.807, 2.05) is 4.90 Å². The van der Waals surface area contributed by atoms with Crippen LogP contribution in [0.3, 0.4) is 0 Å². The van der Waals surface area contributed by atoms with Crippen molar-refractivity contribution in [3.05, 3.63) is 11.1 Å². The summed E-state index contributed by atoms with van der Waals surface area (Å²) in [6, 6.07) is 0.442. The van der Waals surface area contributed by atoms with E-state index in [-0.39, 0.29) is 5.91 Å². The van der Waals surface area contributed by atoms with Crippen LogP contribution in [-0.4, -0.2) is 46.1 Å². The van der Waals surface area contributed by atoms with Gasteiger partial charge in [0.2, 0.25) is 0 Å². The maximum absolute atomic E-state index is 12.2. The van der Waals surface area contributed by atoms with Gasteiger partial charge in [0.05, 0.1) is 0 Å². The normalized spacial score (nSPS) is 19.5. The molecule has 0 radical (unpaired) electrons. The molecule has 1 aliphatic rings. The zero-order valence-corrected chi connectivity index (χ0v) is 10.9. The predicted molar refractivity (Wildman–Crippen MR) is 67.1 cm³/mol. The topological polar surface area (TPSA) is 58.1 Å². The summed E-state index contributed by atoms with van der Waals surface area (Å²) in [5.74, 6) is 0.00861. The Morgan fingerprint density at radius 2 is 2.59 bits per heavy atom. The van der Waals surface area contributed by atoms with Crippen LogP contribution in [0.4, 0.5) is 0 Å². The van der Waals surface area contributed by atoms with Crippen LogP contribution in [0.25, 0.3) is 0 Å². The van der Waals surface area contributed by atoms with Crippen LogP contribution in [-0.2, 0) is 0 Å². The molecule has 1 aromatic rings. The third-order valence-corrected chi connectivity index (χ3v) is 3.47. The molecule has 2 rings (SSSR count). The second kappa shape index (κ2) is 6.07. The summed E-state index contributed by atoms with van der Waals surface area (Å²) in [6.07, 6.45) is 3.33. The van der Waals surface area contributed by atoms with Gasteiger partial charge >= 0.3 is 0 Å². The van der Waals surface area contributed by atoms with E-state index in [1.54, 1.807) is 5.38 Å². The molecule has 2 heterocycles. The predicted octanol–water partition coefficient (Wildman–Crippen LogP) is 1.14. The number of rotatable bonds is 5. The van der Waals surface area contributed by atoms with Crippen LogP contribution in [0.5, 0.6) is 0 Å². The van der Waals surface area contributed by atoms with E-state index in [0.29, 0.717) is 11.7 Å². The second-order valence-electron chi connectivity index (χ2n) is 4.33. The van der Waals surface area contributed by atoms with Crippen LogP contribution < -0.4 is 5.32 Å². The highest BCUT2D eigenvalue weighted by atomic mass is 32.1. The largest absolute Gasteiger partial charge is 0.336 e. The van der Waals surface area contributed by atoms with Crippen LogP contribution in [0.2, 0.25) is 0 Å². The molecule has 1 aliphatic heterocycles. The molecule has 0 saturated carbocycles. The first-order chi connectivity index (χ1) is 8.31. The summed E-state index contributed by atoms with van der Waals surface area (Å²) < 4.78 is 3.75. The van der Waals surface area contributed by atoms with E-state index < -0.39 is 0 Å². The maximum atomic E-state index is 12.2. The minimum Gasteiger partial charge on any atom is -0.336 e. The second-order valence-corrected chi connectivity index (χ2v) is 4.94. The van der Waals surface area contributed by atoms with Gasteiger partial charge in [-0.05, 0) is 37.3 Å². The first-order valence-corrected chi connectivity index (χ1v) is 6.94. The fraction of sp³-hybridized carbons (Fsp3) is 0.727. The average Bonchev–Trinajstić information content (AvgIpc) is 3.00. The summed E-state index contributed by atoms with van der Waals surface area (Å²) in [4.78, 5) is 14.1. The van der Waals surface area contributed by atoms with E-state index in [2.05, 4.69) is 21.8 Å². The molecule has 0 aliphatic carbocycles. The Labute approximate surface area is 105 Å². The van der Waals surface area contributed by atoms with Gasteiger partial charge in [-0.15, -0.1) is 5.10 Å². The van der Waals surface area contributed by atoms with Crippen molar-refractivity contribution in [1.82, 2.24) is 19.8 Å². The fourth-order valence-corrected chi connectivity index (χ4v) is 2.57. The molecule has 0 aromatic carbocycles. The minimum atomic E-state index is 0.00861. The third kappa shape index (κ3) is 3.23. The van der Waals surface area contributed by atoms with Gasteiger partial charge < -0.3 is 10.2 Å².